The van der Waals surface area contributed by atoms with Gasteiger partial charge in [0.1, 0.15) is 18.4 Å². The predicted molar refractivity (Wildman–Crippen MR) is 53.8 cm³/mol. The van der Waals surface area contributed by atoms with Crippen molar-refractivity contribution in [2.75, 3.05) is 0 Å². The number of Topliss-reactive ketones (excluding diaryl/α,β-unsaturated/α-hetero) is 1. The Morgan fingerprint density at radius 3 is 2.50 bits per heavy atom. The second-order valence-corrected chi connectivity index (χ2v) is 4.66. The molecule has 0 saturated heterocycles. The van der Waals surface area contributed by atoms with E-state index in [2.05, 4.69) is 30.9 Å². The van der Waals surface area contributed by atoms with Crippen molar-refractivity contribution in [3.8, 4) is 0 Å². The number of rotatable bonds is 3. The number of hydrogen-bond acceptors (Lipinski definition) is 3. The monoisotopic (exact) mass is 195 g/mol. The molecule has 0 radical (unpaired) electrons. The minimum atomic E-state index is 0.0133. The standard InChI is InChI=1S/C10H17N3O/c1-8(14)5-9(10(2,3)4)13-7-11-6-12-13/h6-7,9H,5H2,1-4H3. The molecule has 0 aliphatic carbocycles. The van der Waals surface area contributed by atoms with E-state index in [1.807, 2.05) is 0 Å². The van der Waals surface area contributed by atoms with E-state index >= 15 is 0 Å². The lowest BCUT2D eigenvalue weighted by molar-refractivity contribution is -0.118. The number of nitrogens with zero attached hydrogens (tertiary/aromatic N) is 3. The number of carbonyl (C=O) groups is 1. The van der Waals surface area contributed by atoms with E-state index in [-0.39, 0.29) is 17.2 Å². The molecular weight excluding hydrogens is 178 g/mol. The van der Waals surface area contributed by atoms with Crippen molar-refractivity contribution >= 4 is 5.78 Å². The van der Waals surface area contributed by atoms with E-state index in [0.717, 1.165) is 0 Å². The van der Waals surface area contributed by atoms with Crippen molar-refractivity contribution in [2.45, 2.75) is 40.2 Å². The molecule has 0 spiro atoms. The first-order valence-electron chi connectivity index (χ1n) is 4.75. The highest BCUT2D eigenvalue weighted by Crippen LogP contribution is 2.32. The molecule has 4 heteroatoms. The summed E-state index contributed by atoms with van der Waals surface area (Å²) in [6, 6.07) is 0.0856. The first-order chi connectivity index (χ1) is 6.41. The number of hydrogen-bond donors (Lipinski definition) is 0. The molecule has 14 heavy (non-hydrogen) atoms. The van der Waals surface area contributed by atoms with Crippen LogP contribution in [0.3, 0.4) is 0 Å². The zero-order valence-corrected chi connectivity index (χ0v) is 9.19. The molecule has 1 rings (SSSR count). The molecule has 0 aliphatic heterocycles. The van der Waals surface area contributed by atoms with Crippen LogP contribution >= 0.6 is 0 Å². The fraction of sp³-hybridized carbons (Fsp3) is 0.700. The summed E-state index contributed by atoms with van der Waals surface area (Å²) in [5.74, 6) is 0.181. The first-order valence-corrected chi connectivity index (χ1v) is 4.75. The molecule has 0 fully saturated rings. The van der Waals surface area contributed by atoms with Gasteiger partial charge in [-0.1, -0.05) is 20.8 Å². The van der Waals surface area contributed by atoms with E-state index in [4.69, 9.17) is 0 Å². The van der Waals surface area contributed by atoms with Gasteiger partial charge in [0.05, 0.1) is 6.04 Å². The van der Waals surface area contributed by atoms with Gasteiger partial charge in [-0.05, 0) is 12.3 Å². The molecule has 1 unspecified atom stereocenters. The van der Waals surface area contributed by atoms with Crippen LogP contribution < -0.4 is 0 Å². The second kappa shape index (κ2) is 3.90. The van der Waals surface area contributed by atoms with Gasteiger partial charge in [-0.25, -0.2) is 9.67 Å². The van der Waals surface area contributed by atoms with Crippen molar-refractivity contribution in [1.82, 2.24) is 14.8 Å². The third-order valence-electron chi connectivity index (χ3n) is 2.24. The Morgan fingerprint density at radius 2 is 2.14 bits per heavy atom. The molecule has 1 aromatic heterocycles. The van der Waals surface area contributed by atoms with E-state index in [1.54, 1.807) is 17.9 Å². The van der Waals surface area contributed by atoms with E-state index in [0.29, 0.717) is 6.42 Å². The lowest BCUT2D eigenvalue weighted by Crippen LogP contribution is -2.26. The van der Waals surface area contributed by atoms with Crippen LogP contribution in [-0.4, -0.2) is 20.5 Å². The van der Waals surface area contributed by atoms with Gasteiger partial charge in [0.15, 0.2) is 0 Å². The van der Waals surface area contributed by atoms with Crippen molar-refractivity contribution in [2.24, 2.45) is 5.41 Å². The fourth-order valence-corrected chi connectivity index (χ4v) is 1.45. The Hall–Kier alpha value is -1.19. The molecular formula is C10H17N3O. The Bertz CT molecular complexity index is 298. The topological polar surface area (TPSA) is 47.8 Å². The maximum atomic E-state index is 11.1. The van der Waals surface area contributed by atoms with Crippen LogP contribution in [-0.2, 0) is 4.79 Å². The van der Waals surface area contributed by atoms with Gasteiger partial charge in [0.25, 0.3) is 0 Å². The summed E-state index contributed by atoms with van der Waals surface area (Å²) >= 11 is 0. The van der Waals surface area contributed by atoms with Crippen LogP contribution in [0, 0.1) is 5.41 Å². The largest absolute Gasteiger partial charge is 0.300 e. The summed E-state index contributed by atoms with van der Waals surface area (Å²) in [5, 5.41) is 4.09. The minimum absolute atomic E-state index is 0.0133. The van der Waals surface area contributed by atoms with Crippen molar-refractivity contribution < 1.29 is 4.79 Å². The normalized spacial score (nSPS) is 14.0. The average molecular weight is 195 g/mol. The summed E-state index contributed by atoms with van der Waals surface area (Å²) in [7, 11) is 0. The van der Waals surface area contributed by atoms with Crippen LogP contribution in [0.1, 0.15) is 40.2 Å². The molecule has 0 saturated carbocycles. The lowest BCUT2D eigenvalue weighted by Gasteiger charge is -2.29. The molecule has 1 atom stereocenters. The zero-order valence-electron chi connectivity index (χ0n) is 9.19. The highest BCUT2D eigenvalue weighted by molar-refractivity contribution is 5.76. The molecule has 0 bridgehead atoms. The molecule has 1 aromatic rings. The number of ketones is 1. The highest BCUT2D eigenvalue weighted by Gasteiger charge is 2.27. The first kappa shape index (κ1) is 10.9. The van der Waals surface area contributed by atoms with Gasteiger partial charge in [-0.2, -0.15) is 5.10 Å². The van der Waals surface area contributed by atoms with Gasteiger partial charge >= 0.3 is 0 Å². The summed E-state index contributed by atoms with van der Waals surface area (Å²) in [4.78, 5) is 15.0. The van der Waals surface area contributed by atoms with Gasteiger partial charge in [0, 0.05) is 6.42 Å². The van der Waals surface area contributed by atoms with Crippen molar-refractivity contribution in [3.63, 3.8) is 0 Å². The summed E-state index contributed by atoms with van der Waals surface area (Å²) < 4.78 is 1.77. The summed E-state index contributed by atoms with van der Waals surface area (Å²) in [6.45, 7) is 7.91. The third-order valence-corrected chi connectivity index (χ3v) is 2.24. The summed E-state index contributed by atoms with van der Waals surface area (Å²) in [6.07, 6.45) is 3.67. The Labute approximate surface area is 84.3 Å². The minimum Gasteiger partial charge on any atom is -0.300 e. The molecule has 0 amide bonds. The Kier molecular flexibility index (Phi) is 3.03. The average Bonchev–Trinajstić information content (AvgIpc) is 2.49. The van der Waals surface area contributed by atoms with Crippen molar-refractivity contribution in [1.29, 1.82) is 0 Å². The zero-order chi connectivity index (χ0) is 10.8. The quantitative estimate of drug-likeness (QED) is 0.739. The number of carbonyl (C=O) groups excluding carboxylic acids is 1. The second-order valence-electron chi connectivity index (χ2n) is 4.66. The molecule has 0 aliphatic rings. The molecule has 0 aromatic carbocycles. The molecule has 4 nitrogen and oxygen atoms in total. The van der Waals surface area contributed by atoms with Crippen LogP contribution in [0.4, 0.5) is 0 Å². The van der Waals surface area contributed by atoms with Crippen LogP contribution in [0.25, 0.3) is 0 Å². The lowest BCUT2D eigenvalue weighted by atomic mass is 9.84. The predicted octanol–water partition coefficient (Wildman–Crippen LogP) is 1.84. The van der Waals surface area contributed by atoms with Gasteiger partial charge in [-0.15, -0.1) is 0 Å². The van der Waals surface area contributed by atoms with E-state index in [1.165, 1.54) is 6.33 Å². The fourth-order valence-electron chi connectivity index (χ4n) is 1.45. The molecule has 1 heterocycles. The number of aromatic nitrogens is 3. The highest BCUT2D eigenvalue weighted by atomic mass is 16.1. The van der Waals surface area contributed by atoms with Crippen LogP contribution in [0.15, 0.2) is 12.7 Å². The summed E-state index contributed by atoms with van der Waals surface area (Å²) in [5.41, 5.74) is 0.0133. The van der Waals surface area contributed by atoms with Crippen LogP contribution in [0.5, 0.6) is 0 Å². The van der Waals surface area contributed by atoms with Gasteiger partial charge < -0.3 is 0 Å². The van der Waals surface area contributed by atoms with E-state index < -0.39 is 0 Å². The van der Waals surface area contributed by atoms with Crippen LogP contribution in [0.2, 0.25) is 0 Å². The Morgan fingerprint density at radius 1 is 1.50 bits per heavy atom. The maximum Gasteiger partial charge on any atom is 0.137 e. The molecule has 78 valence electrons. The Balaban J connectivity index is 2.89. The molecule has 0 N–H and O–H groups in total. The maximum absolute atomic E-state index is 11.1. The third kappa shape index (κ3) is 2.65. The van der Waals surface area contributed by atoms with E-state index in [9.17, 15) is 4.79 Å². The SMILES string of the molecule is CC(=O)CC(n1cncn1)C(C)(C)C. The van der Waals surface area contributed by atoms with Gasteiger partial charge in [0.2, 0.25) is 0 Å². The van der Waals surface area contributed by atoms with Gasteiger partial charge in [-0.3, -0.25) is 4.79 Å². The smallest absolute Gasteiger partial charge is 0.137 e. The van der Waals surface area contributed by atoms with Crippen molar-refractivity contribution in [3.05, 3.63) is 12.7 Å².